The van der Waals surface area contributed by atoms with Crippen molar-refractivity contribution in [2.45, 2.75) is 34.2 Å². The standard InChI is InChI=1S/C24H27N3O8S/c1-5-32-18-11-15(12-19(33-6-2)22(18)35-8-4)23(29)25-24-26(14-21(28)34-7-3)17-10-9-16(27(30)31)13-20(17)36-24/h9-13H,5-8,14H2,1-4H3. The van der Waals surface area contributed by atoms with Crippen LogP contribution in [-0.4, -0.2) is 47.8 Å². The van der Waals surface area contributed by atoms with Crippen molar-refractivity contribution < 1.29 is 33.5 Å². The summed E-state index contributed by atoms with van der Waals surface area (Å²) >= 11 is 1.05. The van der Waals surface area contributed by atoms with E-state index in [0.29, 0.717) is 47.3 Å². The van der Waals surface area contributed by atoms with Crippen molar-refractivity contribution in [2.24, 2.45) is 4.99 Å². The summed E-state index contributed by atoms with van der Waals surface area (Å²) in [5.41, 5.74) is 0.595. The molecule has 2 aromatic carbocycles. The van der Waals surface area contributed by atoms with E-state index in [4.69, 9.17) is 18.9 Å². The predicted molar refractivity (Wildman–Crippen MR) is 133 cm³/mol. The van der Waals surface area contributed by atoms with Crippen LogP contribution in [0.4, 0.5) is 5.69 Å². The molecule has 11 nitrogen and oxygen atoms in total. The molecule has 3 rings (SSSR count). The zero-order valence-electron chi connectivity index (χ0n) is 20.4. The summed E-state index contributed by atoms with van der Waals surface area (Å²) in [7, 11) is 0. The van der Waals surface area contributed by atoms with E-state index in [1.165, 1.54) is 34.9 Å². The van der Waals surface area contributed by atoms with Gasteiger partial charge in [-0.1, -0.05) is 11.3 Å². The SMILES string of the molecule is CCOC(=O)Cn1c(=NC(=O)c2cc(OCC)c(OCC)c(OCC)c2)sc2cc([N+](=O)[O-])ccc21. The van der Waals surface area contributed by atoms with E-state index in [-0.39, 0.29) is 29.2 Å². The Morgan fingerprint density at radius 2 is 1.61 bits per heavy atom. The third-order valence-electron chi connectivity index (χ3n) is 4.82. The third-order valence-corrected chi connectivity index (χ3v) is 5.86. The van der Waals surface area contributed by atoms with Crippen LogP contribution in [0.2, 0.25) is 0 Å². The first-order valence-corrected chi connectivity index (χ1v) is 12.2. The number of nitrogens with zero attached hydrogens (tertiary/aromatic N) is 3. The maximum absolute atomic E-state index is 13.3. The topological polar surface area (TPSA) is 131 Å². The second-order valence-corrected chi connectivity index (χ2v) is 8.21. The summed E-state index contributed by atoms with van der Waals surface area (Å²) < 4.78 is 24.1. The number of non-ortho nitro benzene ring substituents is 1. The number of aromatic nitrogens is 1. The van der Waals surface area contributed by atoms with Gasteiger partial charge in [0, 0.05) is 17.7 Å². The fourth-order valence-corrected chi connectivity index (χ4v) is 4.47. The van der Waals surface area contributed by atoms with E-state index in [1.807, 2.05) is 20.8 Å². The number of carbonyl (C=O) groups excluding carboxylic acids is 2. The number of hydrogen-bond donors (Lipinski definition) is 0. The molecule has 0 atom stereocenters. The summed E-state index contributed by atoms with van der Waals surface area (Å²) in [6.45, 7) is 8.16. The number of ether oxygens (including phenoxy) is 4. The van der Waals surface area contributed by atoms with Gasteiger partial charge in [0.25, 0.3) is 11.6 Å². The molecular weight excluding hydrogens is 490 g/mol. The molecule has 1 amide bonds. The lowest BCUT2D eigenvalue weighted by atomic mass is 10.1. The minimum Gasteiger partial charge on any atom is -0.490 e. The molecular formula is C24H27N3O8S. The van der Waals surface area contributed by atoms with Crippen molar-refractivity contribution in [3.05, 3.63) is 50.8 Å². The number of amides is 1. The maximum Gasteiger partial charge on any atom is 0.326 e. The number of fused-ring (bicyclic) bond motifs is 1. The first-order chi connectivity index (χ1) is 17.3. The van der Waals surface area contributed by atoms with Crippen molar-refractivity contribution >= 4 is 39.1 Å². The molecule has 0 unspecified atom stereocenters. The van der Waals surface area contributed by atoms with Gasteiger partial charge in [-0.2, -0.15) is 4.99 Å². The smallest absolute Gasteiger partial charge is 0.326 e. The number of nitro benzene ring substituents is 1. The molecule has 0 N–H and O–H groups in total. The van der Waals surface area contributed by atoms with Crippen LogP contribution in [0.25, 0.3) is 10.2 Å². The first kappa shape index (κ1) is 26.7. The van der Waals surface area contributed by atoms with Crippen molar-refractivity contribution in [3.8, 4) is 17.2 Å². The molecule has 0 bridgehead atoms. The van der Waals surface area contributed by atoms with Crippen molar-refractivity contribution in [2.75, 3.05) is 26.4 Å². The fourth-order valence-electron chi connectivity index (χ4n) is 3.41. The molecule has 36 heavy (non-hydrogen) atoms. The molecule has 0 aliphatic heterocycles. The fraction of sp³-hybridized carbons (Fsp3) is 0.375. The molecule has 192 valence electrons. The van der Waals surface area contributed by atoms with Gasteiger partial charge in [-0.25, -0.2) is 0 Å². The average molecular weight is 518 g/mol. The second-order valence-electron chi connectivity index (χ2n) is 7.20. The van der Waals surface area contributed by atoms with E-state index in [2.05, 4.69) is 4.99 Å². The van der Waals surface area contributed by atoms with Gasteiger partial charge in [-0.05, 0) is 45.9 Å². The summed E-state index contributed by atoms with van der Waals surface area (Å²) in [6, 6.07) is 7.28. The van der Waals surface area contributed by atoms with Gasteiger partial charge in [-0.15, -0.1) is 0 Å². The lowest BCUT2D eigenvalue weighted by Gasteiger charge is -2.16. The molecule has 0 aliphatic carbocycles. The van der Waals surface area contributed by atoms with Gasteiger partial charge in [-0.3, -0.25) is 19.7 Å². The molecule has 0 saturated carbocycles. The molecule has 0 aliphatic rings. The maximum atomic E-state index is 13.3. The number of thiazole rings is 1. The molecule has 0 radical (unpaired) electrons. The number of benzene rings is 2. The summed E-state index contributed by atoms with van der Waals surface area (Å²) in [4.78, 5) is 40.7. The van der Waals surface area contributed by atoms with Gasteiger partial charge >= 0.3 is 5.97 Å². The Hall–Kier alpha value is -3.93. The highest BCUT2D eigenvalue weighted by atomic mass is 32.1. The van der Waals surface area contributed by atoms with Gasteiger partial charge < -0.3 is 23.5 Å². The molecule has 0 fully saturated rings. The van der Waals surface area contributed by atoms with Gasteiger partial charge in [0.15, 0.2) is 16.3 Å². The second kappa shape index (κ2) is 12.2. The highest BCUT2D eigenvalue weighted by Crippen LogP contribution is 2.39. The van der Waals surface area contributed by atoms with Crippen molar-refractivity contribution in [1.82, 2.24) is 4.57 Å². The van der Waals surface area contributed by atoms with E-state index in [1.54, 1.807) is 6.92 Å². The third kappa shape index (κ3) is 6.00. The summed E-state index contributed by atoms with van der Waals surface area (Å²) in [5.74, 6) is -0.0591. The first-order valence-electron chi connectivity index (χ1n) is 11.4. The van der Waals surface area contributed by atoms with Crippen LogP contribution >= 0.6 is 11.3 Å². The summed E-state index contributed by atoms with van der Waals surface area (Å²) in [5, 5.41) is 11.2. The molecule has 12 heteroatoms. The van der Waals surface area contributed by atoms with Crippen molar-refractivity contribution in [3.63, 3.8) is 0 Å². The van der Waals surface area contributed by atoms with Crippen LogP contribution in [0.1, 0.15) is 38.1 Å². The highest BCUT2D eigenvalue weighted by molar-refractivity contribution is 7.16. The number of rotatable bonds is 11. The Morgan fingerprint density at radius 3 is 2.17 bits per heavy atom. The molecule has 0 spiro atoms. The quantitative estimate of drug-likeness (QED) is 0.211. The number of hydrogen-bond acceptors (Lipinski definition) is 9. The molecule has 1 aromatic heterocycles. The van der Waals surface area contributed by atoms with E-state index in [0.717, 1.165) is 11.3 Å². The highest BCUT2D eigenvalue weighted by Gasteiger charge is 2.20. The lowest BCUT2D eigenvalue weighted by Crippen LogP contribution is -2.23. The van der Waals surface area contributed by atoms with Crippen LogP contribution in [0.3, 0.4) is 0 Å². The Balaban J connectivity index is 2.16. The van der Waals surface area contributed by atoms with E-state index < -0.39 is 16.8 Å². The molecule has 3 aromatic rings. The number of esters is 1. The molecule has 0 saturated heterocycles. The molecule has 1 heterocycles. The zero-order chi connectivity index (χ0) is 26.2. The Bertz CT molecular complexity index is 1320. The zero-order valence-corrected chi connectivity index (χ0v) is 21.3. The lowest BCUT2D eigenvalue weighted by molar-refractivity contribution is -0.384. The van der Waals surface area contributed by atoms with Gasteiger partial charge in [0.05, 0.1) is 41.6 Å². The predicted octanol–water partition coefficient (Wildman–Crippen LogP) is 4.11. The Labute approximate surface area is 211 Å². The normalized spacial score (nSPS) is 11.4. The Kier molecular flexibility index (Phi) is 9.01. The minimum atomic E-state index is -0.612. The van der Waals surface area contributed by atoms with Crippen molar-refractivity contribution in [1.29, 1.82) is 0 Å². The van der Waals surface area contributed by atoms with E-state index in [9.17, 15) is 19.7 Å². The van der Waals surface area contributed by atoms with Crippen LogP contribution in [0.15, 0.2) is 35.3 Å². The monoisotopic (exact) mass is 517 g/mol. The number of nitro groups is 1. The van der Waals surface area contributed by atoms with Gasteiger partial charge in [0.1, 0.15) is 6.54 Å². The van der Waals surface area contributed by atoms with Crippen LogP contribution in [0.5, 0.6) is 17.2 Å². The largest absolute Gasteiger partial charge is 0.490 e. The summed E-state index contributed by atoms with van der Waals surface area (Å²) in [6.07, 6.45) is 0. The number of carbonyl (C=O) groups is 2. The average Bonchev–Trinajstić information content (AvgIpc) is 3.17. The van der Waals surface area contributed by atoms with Crippen LogP contribution in [-0.2, 0) is 16.1 Å². The van der Waals surface area contributed by atoms with E-state index >= 15 is 0 Å². The van der Waals surface area contributed by atoms with Gasteiger partial charge in [0.2, 0.25) is 5.75 Å². The van der Waals surface area contributed by atoms with Crippen LogP contribution < -0.4 is 19.0 Å². The van der Waals surface area contributed by atoms with Crippen LogP contribution in [0, 0.1) is 10.1 Å². The minimum absolute atomic E-state index is 0.112. The Morgan fingerprint density at radius 1 is 0.972 bits per heavy atom.